The zero-order valence-electron chi connectivity index (χ0n) is 20.2. The van der Waals surface area contributed by atoms with Crippen LogP contribution in [0.3, 0.4) is 0 Å². The predicted molar refractivity (Wildman–Crippen MR) is 143 cm³/mol. The number of benzene rings is 3. The van der Waals surface area contributed by atoms with Crippen LogP contribution < -0.4 is 15.8 Å². The van der Waals surface area contributed by atoms with Gasteiger partial charge in [-0.05, 0) is 49.4 Å². The van der Waals surface area contributed by atoms with Crippen molar-refractivity contribution in [1.82, 2.24) is 9.47 Å². The van der Waals surface area contributed by atoms with Gasteiger partial charge in [0, 0.05) is 54.6 Å². The number of carbonyl (C=O) groups is 2. The summed E-state index contributed by atoms with van der Waals surface area (Å²) in [5, 5.41) is 3.93. The van der Waals surface area contributed by atoms with Gasteiger partial charge >= 0.3 is 0 Å². The van der Waals surface area contributed by atoms with Crippen molar-refractivity contribution in [1.29, 1.82) is 0 Å². The van der Waals surface area contributed by atoms with Gasteiger partial charge in [-0.15, -0.1) is 0 Å². The van der Waals surface area contributed by atoms with Crippen molar-refractivity contribution in [3.05, 3.63) is 101 Å². The highest BCUT2D eigenvalue weighted by atomic mass is 16.2. The fourth-order valence-corrected chi connectivity index (χ4v) is 4.71. The molecule has 5 rings (SSSR count). The van der Waals surface area contributed by atoms with Crippen LogP contribution in [0.5, 0.6) is 0 Å². The third-order valence-corrected chi connectivity index (χ3v) is 6.57. The first kappa shape index (κ1) is 23.5. The Balaban J connectivity index is 1.27. The molecule has 0 spiro atoms. The number of aromatic nitrogens is 1. The van der Waals surface area contributed by atoms with Crippen LogP contribution in [-0.4, -0.2) is 53.9 Å². The molecule has 7 heteroatoms. The zero-order valence-corrected chi connectivity index (χ0v) is 20.2. The highest BCUT2D eigenvalue weighted by Crippen LogP contribution is 2.27. The van der Waals surface area contributed by atoms with Crippen LogP contribution in [0, 0.1) is 0 Å². The van der Waals surface area contributed by atoms with E-state index in [0.29, 0.717) is 30.9 Å². The van der Waals surface area contributed by atoms with E-state index < -0.39 is 0 Å². The molecule has 182 valence electrons. The summed E-state index contributed by atoms with van der Waals surface area (Å²) in [6.45, 7) is 4.68. The number of hydrogen-bond acceptors (Lipinski definition) is 5. The number of pyridine rings is 1. The summed E-state index contributed by atoms with van der Waals surface area (Å²) < 4.78 is 1.75. The first-order valence-corrected chi connectivity index (χ1v) is 12.1. The molecule has 1 amide bonds. The molecule has 7 nitrogen and oxygen atoms in total. The smallest absolute Gasteiger partial charge is 0.257 e. The number of hydrogen-bond donors (Lipinski definition) is 1. The van der Waals surface area contributed by atoms with Crippen molar-refractivity contribution in [3.63, 3.8) is 0 Å². The summed E-state index contributed by atoms with van der Waals surface area (Å²) in [5.74, 6) is -0.0918. The van der Waals surface area contributed by atoms with Crippen molar-refractivity contribution in [2.45, 2.75) is 6.92 Å². The predicted octanol–water partition coefficient (Wildman–Crippen LogP) is 3.95. The van der Waals surface area contributed by atoms with Crippen LogP contribution in [0.4, 0.5) is 11.4 Å². The van der Waals surface area contributed by atoms with Crippen LogP contribution >= 0.6 is 0 Å². The van der Waals surface area contributed by atoms with Gasteiger partial charge in [-0.1, -0.05) is 36.4 Å². The van der Waals surface area contributed by atoms with Gasteiger partial charge in [0.2, 0.25) is 5.91 Å². The molecule has 2 heterocycles. The summed E-state index contributed by atoms with van der Waals surface area (Å²) in [4.78, 5) is 41.5. The third kappa shape index (κ3) is 4.92. The van der Waals surface area contributed by atoms with Crippen molar-refractivity contribution in [2.24, 2.45) is 0 Å². The van der Waals surface area contributed by atoms with Crippen molar-refractivity contribution >= 4 is 34.0 Å². The number of ketones is 1. The van der Waals surface area contributed by atoms with E-state index in [1.165, 1.54) is 6.92 Å². The van der Waals surface area contributed by atoms with E-state index in [9.17, 15) is 14.4 Å². The van der Waals surface area contributed by atoms with Crippen molar-refractivity contribution in [2.75, 3.05) is 42.9 Å². The Bertz CT molecular complexity index is 1450. The standard InChI is InChI=1S/C29H28N4O3/c1-21(34)22-11-13-23(14-12-22)30-28(35)20-31-15-17-32(18-16-31)27-19-29(36)33(24-7-3-2-4-8-24)26-10-6-5-9-25(26)27/h2-14,19H,15-18,20H2,1H3,(H,30,35). The summed E-state index contributed by atoms with van der Waals surface area (Å²) in [5.41, 5.74) is 3.88. The Kier molecular flexibility index (Phi) is 6.64. The van der Waals surface area contributed by atoms with E-state index in [0.717, 1.165) is 35.4 Å². The minimum atomic E-state index is -0.0880. The van der Waals surface area contributed by atoms with Crippen LogP contribution in [0.15, 0.2) is 89.7 Å². The van der Waals surface area contributed by atoms with E-state index >= 15 is 0 Å². The molecule has 0 radical (unpaired) electrons. The largest absolute Gasteiger partial charge is 0.368 e. The molecular formula is C29H28N4O3. The normalized spacial score (nSPS) is 14.1. The molecule has 0 bridgehead atoms. The van der Waals surface area contributed by atoms with Crippen LogP contribution in [-0.2, 0) is 4.79 Å². The number of amides is 1. The number of fused-ring (bicyclic) bond motifs is 1. The molecule has 0 aliphatic carbocycles. The molecule has 3 aromatic carbocycles. The van der Waals surface area contributed by atoms with Gasteiger partial charge in [0.15, 0.2) is 5.78 Å². The Labute approximate surface area is 209 Å². The number of nitrogens with zero attached hydrogens (tertiary/aromatic N) is 3. The fraction of sp³-hybridized carbons (Fsp3) is 0.207. The second-order valence-corrected chi connectivity index (χ2v) is 9.00. The highest BCUT2D eigenvalue weighted by Gasteiger charge is 2.22. The SMILES string of the molecule is CC(=O)c1ccc(NC(=O)CN2CCN(c3cc(=O)n(-c4ccccc4)c4ccccc34)CC2)cc1. The lowest BCUT2D eigenvalue weighted by molar-refractivity contribution is -0.117. The molecular weight excluding hydrogens is 452 g/mol. The van der Waals surface area contributed by atoms with Crippen LogP contribution in [0.25, 0.3) is 16.6 Å². The molecule has 1 aliphatic rings. The summed E-state index contributed by atoms with van der Waals surface area (Å²) in [6.07, 6.45) is 0. The lowest BCUT2D eigenvalue weighted by atomic mass is 10.1. The molecule has 1 fully saturated rings. The van der Waals surface area contributed by atoms with E-state index in [1.807, 2.05) is 48.5 Å². The van der Waals surface area contributed by atoms with Crippen molar-refractivity contribution < 1.29 is 9.59 Å². The maximum Gasteiger partial charge on any atom is 0.257 e. The minimum absolute atomic E-state index is 0.00377. The molecule has 36 heavy (non-hydrogen) atoms. The first-order valence-electron chi connectivity index (χ1n) is 12.1. The number of carbonyl (C=O) groups excluding carboxylic acids is 2. The molecule has 4 aromatic rings. The number of rotatable bonds is 6. The Morgan fingerprint density at radius 3 is 2.19 bits per heavy atom. The van der Waals surface area contributed by atoms with E-state index in [4.69, 9.17) is 0 Å². The second-order valence-electron chi connectivity index (χ2n) is 9.00. The van der Waals surface area contributed by atoms with Crippen LogP contribution in [0.2, 0.25) is 0 Å². The number of anilines is 2. The number of nitrogens with one attached hydrogen (secondary N) is 1. The highest BCUT2D eigenvalue weighted by molar-refractivity contribution is 5.96. The molecule has 1 saturated heterocycles. The summed E-state index contributed by atoms with van der Waals surface area (Å²) in [6, 6.07) is 26.3. The van der Waals surface area contributed by atoms with Gasteiger partial charge in [0.05, 0.1) is 17.7 Å². The first-order chi connectivity index (χ1) is 17.5. The lowest BCUT2D eigenvalue weighted by Gasteiger charge is -2.36. The van der Waals surface area contributed by atoms with E-state index in [2.05, 4.69) is 21.2 Å². The number of para-hydroxylation sites is 2. The average Bonchev–Trinajstić information content (AvgIpc) is 2.89. The van der Waals surface area contributed by atoms with E-state index in [-0.39, 0.29) is 17.2 Å². The van der Waals surface area contributed by atoms with Gasteiger partial charge in [0.25, 0.3) is 5.56 Å². The van der Waals surface area contributed by atoms with E-state index in [1.54, 1.807) is 34.9 Å². The maximum atomic E-state index is 13.2. The Morgan fingerprint density at radius 1 is 0.833 bits per heavy atom. The molecule has 1 N–H and O–H groups in total. The minimum Gasteiger partial charge on any atom is -0.368 e. The second kappa shape index (κ2) is 10.2. The fourth-order valence-electron chi connectivity index (χ4n) is 4.71. The number of Topliss-reactive ketones (excluding diaryl/α,β-unsaturated/α-hetero) is 1. The molecule has 0 saturated carbocycles. The van der Waals surface area contributed by atoms with Gasteiger partial charge in [0.1, 0.15) is 0 Å². The zero-order chi connectivity index (χ0) is 25.1. The third-order valence-electron chi connectivity index (χ3n) is 6.57. The molecule has 0 unspecified atom stereocenters. The monoisotopic (exact) mass is 480 g/mol. The van der Waals surface area contributed by atoms with Crippen molar-refractivity contribution in [3.8, 4) is 5.69 Å². The molecule has 1 aliphatic heterocycles. The quantitative estimate of drug-likeness (QED) is 0.423. The van der Waals surface area contributed by atoms with Crippen LogP contribution in [0.1, 0.15) is 17.3 Å². The average molecular weight is 481 g/mol. The van der Waals surface area contributed by atoms with Gasteiger partial charge in [-0.25, -0.2) is 0 Å². The van der Waals surface area contributed by atoms with Gasteiger partial charge < -0.3 is 10.2 Å². The molecule has 1 aromatic heterocycles. The van der Waals surface area contributed by atoms with Gasteiger partial charge in [-0.2, -0.15) is 0 Å². The lowest BCUT2D eigenvalue weighted by Crippen LogP contribution is -2.49. The summed E-state index contributed by atoms with van der Waals surface area (Å²) >= 11 is 0. The van der Waals surface area contributed by atoms with Gasteiger partial charge in [-0.3, -0.25) is 23.9 Å². The molecule has 0 atom stereocenters. The topological polar surface area (TPSA) is 74.7 Å². The Hall–Kier alpha value is -4.23. The summed E-state index contributed by atoms with van der Waals surface area (Å²) in [7, 11) is 0. The number of piperazine rings is 1. The maximum absolute atomic E-state index is 13.2. The Morgan fingerprint density at radius 2 is 1.50 bits per heavy atom.